The van der Waals surface area contributed by atoms with E-state index in [9.17, 15) is 4.79 Å². The van der Waals surface area contributed by atoms with E-state index >= 15 is 0 Å². The summed E-state index contributed by atoms with van der Waals surface area (Å²) in [5.41, 5.74) is 0. The van der Waals surface area contributed by atoms with Crippen LogP contribution in [-0.4, -0.2) is 27.5 Å². The van der Waals surface area contributed by atoms with Crippen LogP contribution >= 0.6 is 0 Å². The fourth-order valence-corrected chi connectivity index (χ4v) is 2.73. The van der Waals surface area contributed by atoms with Gasteiger partial charge in [-0.1, -0.05) is 0 Å². The molecule has 0 heterocycles. The van der Waals surface area contributed by atoms with Gasteiger partial charge in [-0.3, -0.25) is 0 Å². The third-order valence-corrected chi connectivity index (χ3v) is 3.67. The number of carbonyl (C=O) groups excluding carboxylic acids is 1. The predicted molar refractivity (Wildman–Crippen MR) is 55.9 cm³/mol. The number of hydrogen-bond acceptors (Lipinski definition) is 2. The van der Waals surface area contributed by atoms with E-state index in [0.29, 0.717) is 21.6 Å². The molecule has 2 nitrogen and oxygen atoms in total. The first-order valence-corrected chi connectivity index (χ1v) is 6.75. The van der Waals surface area contributed by atoms with Gasteiger partial charge in [-0.2, -0.15) is 0 Å². The minimum atomic E-state index is -0.196. The zero-order chi connectivity index (χ0) is 10.1. The first-order chi connectivity index (χ1) is 6.20. The van der Waals surface area contributed by atoms with Gasteiger partial charge < -0.3 is 0 Å². The summed E-state index contributed by atoms with van der Waals surface area (Å²) in [6.45, 7) is 6.47. The summed E-state index contributed by atoms with van der Waals surface area (Å²) in [7, 11) is 0. The second-order valence-electron chi connectivity index (χ2n) is 2.71. The Hall–Kier alpha value is -0.271. The van der Waals surface area contributed by atoms with E-state index in [1.54, 1.807) is 6.08 Å². The molecule has 13 heavy (non-hydrogen) atoms. The summed E-state index contributed by atoms with van der Waals surface area (Å²) in [6.07, 6.45) is 4.11. The van der Waals surface area contributed by atoms with E-state index in [1.807, 2.05) is 13.8 Å². The monoisotopic (exact) mass is 250 g/mol. The van der Waals surface area contributed by atoms with E-state index in [1.165, 1.54) is 22.6 Å². The number of esters is 1. The number of allylic oxidation sites excluding steroid dienone is 1. The van der Waals surface area contributed by atoms with E-state index in [4.69, 9.17) is 4.74 Å². The van der Waals surface area contributed by atoms with Crippen LogP contribution in [0, 0.1) is 0 Å². The van der Waals surface area contributed by atoms with Crippen molar-refractivity contribution in [2.75, 3.05) is 6.61 Å². The Labute approximate surface area is 86.9 Å². The van der Waals surface area contributed by atoms with Crippen molar-refractivity contribution in [2.45, 2.75) is 38.9 Å². The van der Waals surface area contributed by atoms with Crippen molar-refractivity contribution in [3.8, 4) is 0 Å². The average Bonchev–Trinajstić information content (AvgIpc) is 2.05. The quantitative estimate of drug-likeness (QED) is 0.312. The maximum atomic E-state index is 11.0. The second-order valence-corrected chi connectivity index (χ2v) is 5.52. The molecule has 0 unspecified atom stereocenters. The van der Waals surface area contributed by atoms with Crippen molar-refractivity contribution in [3.05, 3.63) is 10.5 Å². The van der Waals surface area contributed by atoms with E-state index < -0.39 is 0 Å². The summed E-state index contributed by atoms with van der Waals surface area (Å²) >= 11 is 0.475. The minimum absolute atomic E-state index is 0.196. The molecule has 0 spiro atoms. The van der Waals surface area contributed by atoms with Crippen molar-refractivity contribution in [1.82, 2.24) is 0 Å². The van der Waals surface area contributed by atoms with Crippen LogP contribution in [0.15, 0.2) is 10.5 Å². The summed E-state index contributed by atoms with van der Waals surface area (Å²) in [5.74, 6) is -0.196. The van der Waals surface area contributed by atoms with Crippen LogP contribution in [0.2, 0.25) is 5.32 Å². The Morgan fingerprint density at radius 2 is 2.15 bits per heavy atom. The molecule has 0 atom stereocenters. The van der Waals surface area contributed by atoms with Gasteiger partial charge in [0.25, 0.3) is 0 Å². The summed E-state index contributed by atoms with van der Waals surface area (Å²) in [4.78, 5) is 11.0. The van der Waals surface area contributed by atoms with Crippen LogP contribution in [0.3, 0.4) is 0 Å². The maximum absolute atomic E-state index is 11.0. The molecule has 0 aliphatic carbocycles. The molecular weight excluding hydrogens is 231 g/mol. The molecule has 0 radical (unpaired) electrons. The molecular formula is C10H18O2Se. The Morgan fingerprint density at radius 1 is 1.46 bits per heavy atom. The average molecular weight is 249 g/mol. The fourth-order valence-electron chi connectivity index (χ4n) is 0.769. The molecule has 76 valence electrons. The zero-order valence-electron chi connectivity index (χ0n) is 8.63. The number of ether oxygens (including phenoxy) is 1. The molecule has 3 heteroatoms. The number of carbonyl (C=O) groups is 1. The van der Waals surface area contributed by atoms with Gasteiger partial charge in [-0.15, -0.1) is 0 Å². The van der Waals surface area contributed by atoms with Crippen molar-refractivity contribution < 1.29 is 9.53 Å². The van der Waals surface area contributed by atoms with Crippen molar-refractivity contribution in [1.29, 1.82) is 0 Å². The van der Waals surface area contributed by atoms with Crippen LogP contribution in [0.25, 0.3) is 0 Å². The van der Waals surface area contributed by atoms with Gasteiger partial charge in [0.1, 0.15) is 0 Å². The summed E-state index contributed by atoms with van der Waals surface area (Å²) in [5, 5.41) is 1.23. The number of hydrogen-bond donors (Lipinski definition) is 0. The van der Waals surface area contributed by atoms with Gasteiger partial charge in [0.15, 0.2) is 0 Å². The molecule has 0 aromatic carbocycles. The van der Waals surface area contributed by atoms with E-state index in [-0.39, 0.29) is 5.97 Å². The molecule has 0 amide bonds. The third-order valence-electron chi connectivity index (χ3n) is 1.44. The normalized spacial score (nSPS) is 11.5. The van der Waals surface area contributed by atoms with Gasteiger partial charge in [0.05, 0.1) is 0 Å². The van der Waals surface area contributed by atoms with Gasteiger partial charge in [0, 0.05) is 0 Å². The third kappa shape index (κ3) is 8.07. The molecule has 0 N–H and O–H groups in total. The Kier molecular flexibility index (Phi) is 8.16. The van der Waals surface area contributed by atoms with Crippen LogP contribution in [0.4, 0.5) is 0 Å². The van der Waals surface area contributed by atoms with Crippen LogP contribution < -0.4 is 0 Å². The molecule has 0 aromatic heterocycles. The molecule has 0 aliphatic rings. The second kappa shape index (κ2) is 8.33. The number of rotatable bonds is 6. The predicted octanol–water partition coefficient (Wildman–Crippen LogP) is 2.38. The van der Waals surface area contributed by atoms with Crippen molar-refractivity contribution in [2.24, 2.45) is 0 Å². The van der Waals surface area contributed by atoms with Crippen LogP contribution in [0.1, 0.15) is 33.6 Å². The Balaban J connectivity index is 3.67. The molecule has 0 rings (SSSR count). The van der Waals surface area contributed by atoms with E-state index in [0.717, 1.165) is 0 Å². The molecule has 0 saturated carbocycles. The molecule has 0 aliphatic heterocycles. The van der Waals surface area contributed by atoms with Gasteiger partial charge >= 0.3 is 86.5 Å². The van der Waals surface area contributed by atoms with Gasteiger partial charge in [0.2, 0.25) is 0 Å². The van der Waals surface area contributed by atoms with Gasteiger partial charge in [-0.05, 0) is 0 Å². The topological polar surface area (TPSA) is 26.3 Å². The van der Waals surface area contributed by atoms with Crippen LogP contribution in [-0.2, 0) is 9.53 Å². The number of unbranched alkanes of at least 4 members (excludes halogenated alkanes) is 1. The Bertz CT molecular complexity index is 176. The molecule has 0 aromatic rings. The van der Waals surface area contributed by atoms with Crippen molar-refractivity contribution >= 4 is 20.9 Å². The SMILES string of the molecule is CCCC[Se]/C(C)=C\C(=O)OCC. The van der Waals surface area contributed by atoms with Gasteiger partial charge in [-0.25, -0.2) is 0 Å². The van der Waals surface area contributed by atoms with Crippen molar-refractivity contribution in [3.63, 3.8) is 0 Å². The summed E-state index contributed by atoms with van der Waals surface area (Å²) in [6, 6.07) is 0. The Morgan fingerprint density at radius 3 is 2.69 bits per heavy atom. The first-order valence-electron chi connectivity index (χ1n) is 4.68. The zero-order valence-corrected chi connectivity index (χ0v) is 10.3. The molecule has 0 bridgehead atoms. The molecule has 0 fully saturated rings. The first kappa shape index (κ1) is 12.7. The molecule has 0 saturated heterocycles. The van der Waals surface area contributed by atoms with Crippen LogP contribution in [0.5, 0.6) is 0 Å². The standard InChI is InChI=1S/C10H18O2Se/c1-4-6-7-13-9(3)8-10(11)12-5-2/h8H,4-7H2,1-3H3/b9-8-. The fraction of sp³-hybridized carbons (Fsp3) is 0.700. The van der Waals surface area contributed by atoms with E-state index in [2.05, 4.69) is 6.92 Å². The summed E-state index contributed by atoms with van der Waals surface area (Å²) < 4.78 is 5.99.